The Hall–Kier alpha value is -2.34. The fourth-order valence-electron chi connectivity index (χ4n) is 2.44. The number of rotatable bonds is 6. The van der Waals surface area contributed by atoms with Crippen LogP contribution in [0.15, 0.2) is 47.6 Å². The molecule has 0 aliphatic rings. The first-order valence-electron chi connectivity index (χ1n) is 7.74. The van der Waals surface area contributed by atoms with Crippen LogP contribution in [0.1, 0.15) is 17.3 Å². The summed E-state index contributed by atoms with van der Waals surface area (Å²) in [5.74, 6) is 0.786. The summed E-state index contributed by atoms with van der Waals surface area (Å²) in [6, 6.07) is 12.8. The average Bonchev–Trinajstić information content (AvgIpc) is 2.96. The lowest BCUT2D eigenvalue weighted by Gasteiger charge is -2.26. The highest BCUT2D eigenvalue weighted by Gasteiger charge is 2.14. The van der Waals surface area contributed by atoms with E-state index in [-0.39, 0.29) is 6.04 Å². The summed E-state index contributed by atoms with van der Waals surface area (Å²) in [7, 11) is 7.90. The van der Waals surface area contributed by atoms with Gasteiger partial charge >= 0.3 is 0 Å². The molecule has 0 saturated heterocycles. The van der Waals surface area contributed by atoms with Crippen LogP contribution >= 0.6 is 0 Å². The number of hydrogen-bond donors (Lipinski definition) is 2. The fraction of sp³-hybridized carbons (Fsp3) is 0.412. The Labute approximate surface area is 138 Å². The van der Waals surface area contributed by atoms with Crippen molar-refractivity contribution in [2.24, 2.45) is 12.0 Å². The Morgan fingerprint density at radius 3 is 2.52 bits per heavy atom. The second kappa shape index (κ2) is 8.33. The Morgan fingerprint density at radius 1 is 1.22 bits per heavy atom. The Morgan fingerprint density at radius 2 is 1.96 bits per heavy atom. The highest BCUT2D eigenvalue weighted by Crippen LogP contribution is 2.16. The van der Waals surface area contributed by atoms with E-state index in [9.17, 15) is 0 Å². The standard InChI is InChI=1S/C17H26N6/c1-18-17(19-12-15-10-11-21-23(15)4)20-13-16(22(2)3)14-8-6-5-7-9-14/h5-11,16H,12-13H2,1-4H3,(H2,18,19,20). The molecule has 2 N–H and O–H groups in total. The summed E-state index contributed by atoms with van der Waals surface area (Å²) in [5, 5.41) is 10.9. The second-order valence-electron chi connectivity index (χ2n) is 5.64. The third kappa shape index (κ3) is 4.82. The van der Waals surface area contributed by atoms with Crippen LogP contribution in [-0.2, 0) is 13.6 Å². The maximum Gasteiger partial charge on any atom is 0.191 e. The van der Waals surface area contributed by atoms with Crippen LogP contribution in [0, 0.1) is 0 Å². The molecule has 2 rings (SSSR count). The van der Waals surface area contributed by atoms with E-state index in [1.807, 2.05) is 23.9 Å². The molecule has 124 valence electrons. The van der Waals surface area contributed by atoms with Crippen LogP contribution in [0.4, 0.5) is 0 Å². The van der Waals surface area contributed by atoms with E-state index >= 15 is 0 Å². The first-order valence-corrected chi connectivity index (χ1v) is 7.74. The van der Waals surface area contributed by atoms with E-state index < -0.39 is 0 Å². The van der Waals surface area contributed by atoms with Crippen molar-refractivity contribution in [2.45, 2.75) is 12.6 Å². The summed E-state index contributed by atoms with van der Waals surface area (Å²) >= 11 is 0. The molecule has 6 heteroatoms. The molecule has 6 nitrogen and oxygen atoms in total. The summed E-state index contributed by atoms with van der Waals surface area (Å²) in [6.45, 7) is 1.47. The van der Waals surface area contributed by atoms with Crippen LogP contribution < -0.4 is 10.6 Å². The number of hydrogen-bond acceptors (Lipinski definition) is 3. The van der Waals surface area contributed by atoms with Crippen LogP contribution in [0.2, 0.25) is 0 Å². The van der Waals surface area contributed by atoms with Gasteiger partial charge in [0.15, 0.2) is 5.96 Å². The number of likely N-dealkylation sites (N-methyl/N-ethyl adjacent to an activating group) is 1. The maximum absolute atomic E-state index is 4.29. The lowest BCUT2D eigenvalue weighted by Crippen LogP contribution is -2.41. The van der Waals surface area contributed by atoms with Crippen LogP contribution in [0.3, 0.4) is 0 Å². The molecule has 1 atom stereocenters. The number of nitrogens with zero attached hydrogens (tertiary/aromatic N) is 4. The third-order valence-electron chi connectivity index (χ3n) is 3.85. The van der Waals surface area contributed by atoms with Crippen LogP contribution in [0.25, 0.3) is 0 Å². The molecule has 1 heterocycles. The van der Waals surface area contributed by atoms with E-state index in [4.69, 9.17) is 0 Å². The average molecular weight is 314 g/mol. The third-order valence-corrected chi connectivity index (χ3v) is 3.85. The van der Waals surface area contributed by atoms with Gasteiger partial charge in [-0.25, -0.2) is 0 Å². The van der Waals surface area contributed by atoms with Gasteiger partial charge in [0.25, 0.3) is 0 Å². The lowest BCUT2D eigenvalue weighted by molar-refractivity contribution is 0.298. The minimum absolute atomic E-state index is 0.284. The molecular weight excluding hydrogens is 288 g/mol. The molecular formula is C17H26N6. The van der Waals surface area contributed by atoms with Crippen molar-refractivity contribution in [2.75, 3.05) is 27.7 Å². The number of benzene rings is 1. The predicted molar refractivity (Wildman–Crippen MR) is 94.3 cm³/mol. The summed E-state index contributed by atoms with van der Waals surface area (Å²) in [6.07, 6.45) is 1.80. The van der Waals surface area contributed by atoms with Crippen molar-refractivity contribution < 1.29 is 0 Å². The minimum Gasteiger partial charge on any atom is -0.354 e. The fourth-order valence-corrected chi connectivity index (χ4v) is 2.44. The van der Waals surface area contributed by atoms with Gasteiger partial charge in [0.05, 0.1) is 18.3 Å². The SMILES string of the molecule is CN=C(NCc1ccnn1C)NCC(c1ccccc1)N(C)C. The zero-order chi connectivity index (χ0) is 16.7. The Bertz CT molecular complexity index is 617. The van der Waals surface area contributed by atoms with Gasteiger partial charge in [0, 0.05) is 26.8 Å². The van der Waals surface area contributed by atoms with E-state index in [0.29, 0.717) is 6.54 Å². The molecule has 1 aromatic heterocycles. The highest BCUT2D eigenvalue weighted by atomic mass is 15.3. The highest BCUT2D eigenvalue weighted by molar-refractivity contribution is 5.79. The van der Waals surface area contributed by atoms with Gasteiger partial charge in [-0.2, -0.15) is 5.10 Å². The lowest BCUT2D eigenvalue weighted by atomic mass is 10.1. The quantitative estimate of drug-likeness (QED) is 0.625. The molecule has 23 heavy (non-hydrogen) atoms. The van der Waals surface area contributed by atoms with Gasteiger partial charge in [-0.3, -0.25) is 9.67 Å². The second-order valence-corrected chi connectivity index (χ2v) is 5.64. The minimum atomic E-state index is 0.284. The molecule has 0 amide bonds. The number of aromatic nitrogens is 2. The molecule has 0 radical (unpaired) electrons. The van der Waals surface area contributed by atoms with Crippen LogP contribution in [0.5, 0.6) is 0 Å². The van der Waals surface area contributed by atoms with Gasteiger partial charge in [-0.1, -0.05) is 30.3 Å². The van der Waals surface area contributed by atoms with Gasteiger partial charge in [-0.05, 0) is 25.7 Å². The Balaban J connectivity index is 1.92. The molecule has 1 aromatic carbocycles. The van der Waals surface area contributed by atoms with Gasteiger partial charge in [0.1, 0.15) is 0 Å². The predicted octanol–water partition coefficient (Wildman–Crippen LogP) is 1.39. The van der Waals surface area contributed by atoms with Crippen molar-refractivity contribution in [1.29, 1.82) is 0 Å². The molecule has 0 saturated carbocycles. The van der Waals surface area contributed by atoms with Gasteiger partial charge < -0.3 is 15.5 Å². The van der Waals surface area contributed by atoms with Gasteiger partial charge in [0.2, 0.25) is 0 Å². The van der Waals surface area contributed by atoms with Crippen molar-refractivity contribution in [3.8, 4) is 0 Å². The first kappa shape index (κ1) is 17.0. The van der Waals surface area contributed by atoms with Crippen molar-refractivity contribution >= 4 is 5.96 Å². The van der Waals surface area contributed by atoms with E-state index in [0.717, 1.165) is 18.2 Å². The topological polar surface area (TPSA) is 57.5 Å². The monoisotopic (exact) mass is 314 g/mol. The maximum atomic E-state index is 4.29. The summed E-state index contributed by atoms with van der Waals surface area (Å²) in [5.41, 5.74) is 2.40. The molecule has 0 aliphatic heterocycles. The van der Waals surface area contributed by atoms with E-state index in [2.05, 4.69) is 64.0 Å². The number of guanidine groups is 1. The largest absolute Gasteiger partial charge is 0.354 e. The smallest absolute Gasteiger partial charge is 0.191 e. The van der Waals surface area contributed by atoms with E-state index in [1.54, 1.807) is 13.2 Å². The number of aryl methyl sites for hydroxylation is 1. The number of nitrogens with one attached hydrogen (secondary N) is 2. The molecule has 0 spiro atoms. The molecule has 2 aromatic rings. The van der Waals surface area contributed by atoms with E-state index in [1.165, 1.54) is 5.56 Å². The molecule has 0 aliphatic carbocycles. The zero-order valence-corrected chi connectivity index (χ0v) is 14.3. The Kier molecular flexibility index (Phi) is 6.17. The van der Waals surface area contributed by atoms with Crippen molar-refractivity contribution in [3.05, 3.63) is 53.9 Å². The molecule has 0 fully saturated rings. The number of aliphatic imine (C=N–C) groups is 1. The first-order chi connectivity index (χ1) is 11.1. The molecule has 1 unspecified atom stereocenters. The van der Waals surface area contributed by atoms with Crippen molar-refractivity contribution in [1.82, 2.24) is 25.3 Å². The van der Waals surface area contributed by atoms with Gasteiger partial charge in [-0.15, -0.1) is 0 Å². The summed E-state index contributed by atoms with van der Waals surface area (Å²) in [4.78, 5) is 6.49. The summed E-state index contributed by atoms with van der Waals surface area (Å²) < 4.78 is 1.85. The normalized spacial score (nSPS) is 13.2. The van der Waals surface area contributed by atoms with Crippen molar-refractivity contribution in [3.63, 3.8) is 0 Å². The van der Waals surface area contributed by atoms with Crippen LogP contribution in [-0.4, -0.2) is 48.3 Å². The zero-order valence-electron chi connectivity index (χ0n) is 14.3. The molecule has 0 bridgehead atoms.